The molecule has 0 fully saturated rings. The molecule has 1 amide bonds. The van der Waals surface area contributed by atoms with E-state index in [9.17, 15) is 4.79 Å². The molecular weight excluding hydrogens is 296 g/mol. The molecule has 1 aromatic carbocycles. The number of aromatic nitrogens is 1. The van der Waals surface area contributed by atoms with Crippen LogP contribution in [-0.2, 0) is 11.2 Å². The molecule has 1 aliphatic heterocycles. The average Bonchev–Trinajstić information content (AvgIpc) is 2.86. The first-order valence-electron chi connectivity index (χ1n) is 7.59. The molecule has 0 aliphatic carbocycles. The van der Waals surface area contributed by atoms with Crippen LogP contribution in [0.1, 0.15) is 17.0 Å². The lowest BCUT2D eigenvalue weighted by Crippen LogP contribution is -2.42. The minimum absolute atomic E-state index is 0.00172. The van der Waals surface area contributed by atoms with Gasteiger partial charge in [0.25, 0.3) is 0 Å². The number of hydrogen-bond acceptors (Lipinski definition) is 5. The SMILES string of the molecule is Cc1noc(C)c1CC(=O)N(C)C[C@H]1COc2ccccc2O1. The van der Waals surface area contributed by atoms with Crippen molar-refractivity contribution in [2.45, 2.75) is 26.4 Å². The van der Waals surface area contributed by atoms with Crippen LogP contribution >= 0.6 is 0 Å². The average molecular weight is 316 g/mol. The molecule has 2 heterocycles. The lowest BCUT2D eigenvalue weighted by atomic mass is 10.1. The molecule has 0 saturated carbocycles. The van der Waals surface area contributed by atoms with Gasteiger partial charge < -0.3 is 18.9 Å². The van der Waals surface area contributed by atoms with Gasteiger partial charge in [0.2, 0.25) is 5.91 Å². The van der Waals surface area contributed by atoms with Gasteiger partial charge in [0.05, 0.1) is 18.7 Å². The second-order valence-electron chi connectivity index (χ2n) is 5.75. The van der Waals surface area contributed by atoms with Crippen molar-refractivity contribution in [3.8, 4) is 11.5 Å². The first kappa shape index (κ1) is 15.4. The summed E-state index contributed by atoms with van der Waals surface area (Å²) in [6.45, 7) is 4.56. The Morgan fingerprint density at radius 2 is 2.04 bits per heavy atom. The van der Waals surface area contributed by atoms with Crippen molar-refractivity contribution in [1.82, 2.24) is 10.1 Å². The number of para-hydroxylation sites is 2. The summed E-state index contributed by atoms with van der Waals surface area (Å²) in [6.07, 6.45) is 0.102. The number of fused-ring (bicyclic) bond motifs is 1. The summed E-state index contributed by atoms with van der Waals surface area (Å²) in [5.74, 6) is 2.15. The second kappa shape index (κ2) is 6.32. The summed E-state index contributed by atoms with van der Waals surface area (Å²) in [4.78, 5) is 14.1. The standard InChI is InChI=1S/C17H20N2O4/c1-11-14(12(2)23-18-11)8-17(20)19(3)9-13-10-21-15-6-4-5-7-16(15)22-13/h4-7,13H,8-10H2,1-3H3/t13-/m0/s1. The molecule has 0 unspecified atom stereocenters. The summed E-state index contributed by atoms with van der Waals surface area (Å²) < 4.78 is 16.7. The Hall–Kier alpha value is -2.50. The fourth-order valence-electron chi connectivity index (χ4n) is 2.60. The Morgan fingerprint density at radius 1 is 1.30 bits per heavy atom. The molecule has 122 valence electrons. The number of amides is 1. The fourth-order valence-corrected chi connectivity index (χ4v) is 2.60. The zero-order chi connectivity index (χ0) is 16.4. The number of nitrogens with zero attached hydrogens (tertiary/aromatic N) is 2. The highest BCUT2D eigenvalue weighted by Crippen LogP contribution is 2.31. The normalized spacial score (nSPS) is 16.2. The zero-order valence-electron chi connectivity index (χ0n) is 13.5. The van der Waals surface area contributed by atoms with E-state index < -0.39 is 0 Å². The van der Waals surface area contributed by atoms with E-state index in [0.717, 1.165) is 22.8 Å². The minimum atomic E-state index is -0.177. The maximum atomic E-state index is 12.4. The molecule has 0 bridgehead atoms. The molecule has 1 aliphatic rings. The molecule has 1 atom stereocenters. The highest BCUT2D eigenvalue weighted by molar-refractivity contribution is 5.79. The topological polar surface area (TPSA) is 64.8 Å². The van der Waals surface area contributed by atoms with E-state index in [2.05, 4.69) is 5.16 Å². The highest BCUT2D eigenvalue weighted by atomic mass is 16.6. The molecule has 1 aromatic heterocycles. The van der Waals surface area contributed by atoms with Gasteiger partial charge >= 0.3 is 0 Å². The van der Waals surface area contributed by atoms with Crippen LogP contribution in [-0.4, -0.2) is 42.3 Å². The summed E-state index contributed by atoms with van der Waals surface area (Å²) in [5, 5.41) is 3.88. The quantitative estimate of drug-likeness (QED) is 0.864. The van der Waals surface area contributed by atoms with Gasteiger partial charge in [-0.05, 0) is 26.0 Å². The van der Waals surface area contributed by atoms with Crippen molar-refractivity contribution in [2.24, 2.45) is 0 Å². The number of benzene rings is 1. The van der Waals surface area contributed by atoms with Gasteiger partial charge in [-0.3, -0.25) is 4.79 Å². The van der Waals surface area contributed by atoms with Crippen LogP contribution in [0.3, 0.4) is 0 Å². The summed E-state index contributed by atoms with van der Waals surface area (Å²) in [6, 6.07) is 7.55. The number of carbonyl (C=O) groups is 1. The van der Waals surface area contributed by atoms with Crippen molar-refractivity contribution in [2.75, 3.05) is 20.2 Å². The Balaban J connectivity index is 1.59. The van der Waals surface area contributed by atoms with Gasteiger partial charge in [-0.2, -0.15) is 0 Å². The Kier molecular flexibility index (Phi) is 4.23. The number of ether oxygens (including phenoxy) is 2. The highest BCUT2D eigenvalue weighted by Gasteiger charge is 2.24. The maximum Gasteiger partial charge on any atom is 0.227 e. The van der Waals surface area contributed by atoms with Crippen molar-refractivity contribution in [3.63, 3.8) is 0 Å². The van der Waals surface area contributed by atoms with Crippen molar-refractivity contribution in [1.29, 1.82) is 0 Å². The van der Waals surface area contributed by atoms with E-state index in [1.165, 1.54) is 0 Å². The van der Waals surface area contributed by atoms with E-state index in [0.29, 0.717) is 18.9 Å². The third-order valence-electron chi connectivity index (χ3n) is 3.98. The number of carbonyl (C=O) groups excluding carboxylic acids is 1. The molecule has 0 spiro atoms. The van der Waals surface area contributed by atoms with Crippen molar-refractivity contribution < 1.29 is 18.8 Å². The molecular formula is C17H20N2O4. The Morgan fingerprint density at radius 3 is 2.74 bits per heavy atom. The van der Waals surface area contributed by atoms with E-state index >= 15 is 0 Å². The van der Waals surface area contributed by atoms with E-state index in [1.807, 2.05) is 38.1 Å². The third-order valence-corrected chi connectivity index (χ3v) is 3.98. The van der Waals surface area contributed by atoms with Crippen LogP contribution in [0.2, 0.25) is 0 Å². The van der Waals surface area contributed by atoms with Crippen LogP contribution in [0, 0.1) is 13.8 Å². The Labute approximate surface area is 135 Å². The molecule has 2 aromatic rings. The molecule has 23 heavy (non-hydrogen) atoms. The number of rotatable bonds is 4. The number of likely N-dealkylation sites (N-methyl/N-ethyl adjacent to an activating group) is 1. The minimum Gasteiger partial charge on any atom is -0.486 e. The van der Waals surface area contributed by atoms with Gasteiger partial charge in [0.1, 0.15) is 12.4 Å². The zero-order valence-corrected chi connectivity index (χ0v) is 13.5. The van der Waals surface area contributed by atoms with Gasteiger partial charge in [0, 0.05) is 12.6 Å². The molecule has 6 heteroatoms. The first-order valence-corrected chi connectivity index (χ1v) is 7.59. The van der Waals surface area contributed by atoms with Gasteiger partial charge in [0.15, 0.2) is 17.6 Å². The molecule has 0 saturated heterocycles. The van der Waals surface area contributed by atoms with Crippen molar-refractivity contribution >= 4 is 5.91 Å². The van der Waals surface area contributed by atoms with Gasteiger partial charge in [-0.25, -0.2) is 0 Å². The molecule has 3 rings (SSSR count). The number of hydrogen-bond donors (Lipinski definition) is 0. The summed E-state index contributed by atoms with van der Waals surface area (Å²) >= 11 is 0. The number of aryl methyl sites for hydroxylation is 2. The first-order chi connectivity index (χ1) is 11.0. The third kappa shape index (κ3) is 3.31. The van der Waals surface area contributed by atoms with E-state index in [1.54, 1.807) is 11.9 Å². The lowest BCUT2D eigenvalue weighted by Gasteiger charge is -2.29. The monoisotopic (exact) mass is 316 g/mol. The summed E-state index contributed by atoms with van der Waals surface area (Å²) in [7, 11) is 1.77. The predicted molar refractivity (Wildman–Crippen MR) is 83.7 cm³/mol. The van der Waals surface area contributed by atoms with E-state index in [4.69, 9.17) is 14.0 Å². The Bertz CT molecular complexity index is 691. The van der Waals surface area contributed by atoms with Gasteiger partial charge in [-0.1, -0.05) is 17.3 Å². The predicted octanol–water partition coefficient (Wildman–Crippen LogP) is 2.13. The summed E-state index contributed by atoms with van der Waals surface area (Å²) in [5.41, 5.74) is 1.61. The smallest absolute Gasteiger partial charge is 0.227 e. The molecule has 0 radical (unpaired) electrons. The molecule has 0 N–H and O–H groups in total. The van der Waals surface area contributed by atoms with Crippen LogP contribution in [0.15, 0.2) is 28.8 Å². The van der Waals surface area contributed by atoms with Crippen LogP contribution in [0.25, 0.3) is 0 Å². The van der Waals surface area contributed by atoms with Crippen LogP contribution in [0.5, 0.6) is 11.5 Å². The maximum absolute atomic E-state index is 12.4. The van der Waals surface area contributed by atoms with Crippen LogP contribution < -0.4 is 9.47 Å². The second-order valence-corrected chi connectivity index (χ2v) is 5.75. The van der Waals surface area contributed by atoms with Gasteiger partial charge in [-0.15, -0.1) is 0 Å². The fraction of sp³-hybridized carbons (Fsp3) is 0.412. The largest absolute Gasteiger partial charge is 0.486 e. The van der Waals surface area contributed by atoms with Crippen molar-refractivity contribution in [3.05, 3.63) is 41.3 Å². The van der Waals surface area contributed by atoms with Crippen LogP contribution in [0.4, 0.5) is 0 Å². The van der Waals surface area contributed by atoms with E-state index in [-0.39, 0.29) is 18.4 Å². The lowest BCUT2D eigenvalue weighted by molar-refractivity contribution is -0.130. The molecule has 6 nitrogen and oxygen atoms in total.